The predicted molar refractivity (Wildman–Crippen MR) is 48.7 cm³/mol. The fraction of sp³-hybridized carbons (Fsp3) is 0.273. The standard InChI is InChI=1S/C6H7.C5H5.Cr/c1-6-4-2-3-5-6;1-2-4-5-3-1;/h2-5H,1H3;1-5H;. The molecule has 2 rings (SSSR count). The van der Waals surface area contributed by atoms with Crippen molar-refractivity contribution in [2.75, 3.05) is 0 Å². The molecule has 0 aromatic rings. The fourth-order valence-corrected chi connectivity index (χ4v) is 3.35. The van der Waals surface area contributed by atoms with E-state index in [0.717, 1.165) is 0 Å². The molecule has 1 heteroatoms. The molecule has 62 valence electrons. The van der Waals surface area contributed by atoms with Gasteiger partial charge in [0.2, 0.25) is 0 Å². The van der Waals surface area contributed by atoms with Gasteiger partial charge in [0.25, 0.3) is 0 Å². The molecule has 2 aliphatic rings. The third-order valence-electron chi connectivity index (χ3n) is 2.07. The van der Waals surface area contributed by atoms with Crippen molar-refractivity contribution in [2.45, 2.75) is 16.0 Å². The van der Waals surface area contributed by atoms with Gasteiger partial charge in [-0.1, -0.05) is 0 Å². The van der Waals surface area contributed by atoms with E-state index in [-0.39, 0.29) is 0 Å². The molecule has 0 amide bonds. The number of hydrogen-bond acceptors (Lipinski definition) is 0. The third-order valence-corrected chi connectivity index (χ3v) is 4.20. The summed E-state index contributed by atoms with van der Waals surface area (Å²) in [5.74, 6) is 0. The van der Waals surface area contributed by atoms with Crippen LogP contribution in [0.15, 0.2) is 48.6 Å². The molecule has 0 heterocycles. The van der Waals surface area contributed by atoms with Crippen LogP contribution < -0.4 is 0 Å². The average Bonchev–Trinajstić information content (AvgIpc) is 2.62. The molecule has 0 nitrogen and oxygen atoms in total. The minimum absolute atomic E-state index is 0.358. The van der Waals surface area contributed by atoms with Crippen LogP contribution in [0.4, 0.5) is 0 Å². The summed E-state index contributed by atoms with van der Waals surface area (Å²) >= 11 is 0.625. The van der Waals surface area contributed by atoms with Crippen molar-refractivity contribution in [1.82, 2.24) is 0 Å². The first kappa shape index (κ1) is 8.11. The molecule has 0 aliphatic heterocycles. The molecule has 0 aromatic heterocycles. The monoisotopic (exact) mass is 196 g/mol. The van der Waals surface area contributed by atoms with E-state index in [2.05, 4.69) is 55.5 Å². The first-order chi connectivity index (χ1) is 5.79. The Labute approximate surface area is 80.1 Å². The van der Waals surface area contributed by atoms with Gasteiger partial charge in [0.15, 0.2) is 0 Å². The van der Waals surface area contributed by atoms with Crippen LogP contribution in [0.2, 0.25) is 9.06 Å². The molecule has 0 radical (unpaired) electrons. The van der Waals surface area contributed by atoms with Crippen LogP contribution in [0.25, 0.3) is 0 Å². The number of rotatable bonds is 2. The second kappa shape index (κ2) is 3.09. The van der Waals surface area contributed by atoms with Crippen LogP contribution >= 0.6 is 0 Å². The molecule has 0 spiro atoms. The fourth-order valence-electron chi connectivity index (χ4n) is 1.41. The van der Waals surface area contributed by atoms with Crippen LogP contribution in [-0.2, 0) is 15.2 Å². The number of allylic oxidation sites excluding steroid dienone is 8. The molecule has 2 aliphatic carbocycles. The van der Waals surface area contributed by atoms with Crippen LogP contribution in [-0.4, -0.2) is 0 Å². The molecule has 0 fully saturated rings. The molecular formula is C11H12Cr. The molecule has 0 unspecified atom stereocenters. The molecule has 0 bridgehead atoms. The van der Waals surface area contributed by atoms with Gasteiger partial charge < -0.3 is 0 Å². The quantitative estimate of drug-likeness (QED) is 0.635. The van der Waals surface area contributed by atoms with Crippen LogP contribution in [0.5, 0.6) is 0 Å². The van der Waals surface area contributed by atoms with Gasteiger partial charge in [0, 0.05) is 0 Å². The summed E-state index contributed by atoms with van der Waals surface area (Å²) in [6.45, 7) is 2.31. The first-order valence-corrected chi connectivity index (χ1v) is 5.56. The van der Waals surface area contributed by atoms with Gasteiger partial charge in [0.1, 0.15) is 0 Å². The Kier molecular flexibility index (Phi) is 2.09. The van der Waals surface area contributed by atoms with E-state index in [1.54, 1.807) is 0 Å². The van der Waals surface area contributed by atoms with E-state index in [0.29, 0.717) is 24.3 Å². The first-order valence-electron chi connectivity index (χ1n) is 4.18. The van der Waals surface area contributed by atoms with E-state index in [1.807, 2.05) is 0 Å². The predicted octanol–water partition coefficient (Wildman–Crippen LogP) is 3.29. The number of hydrogen-bond donors (Lipinski definition) is 0. The molecule has 0 atom stereocenters. The van der Waals surface area contributed by atoms with Crippen LogP contribution in [0.1, 0.15) is 6.92 Å². The second-order valence-electron chi connectivity index (χ2n) is 3.25. The van der Waals surface area contributed by atoms with Crippen molar-refractivity contribution < 1.29 is 15.2 Å². The Morgan fingerprint density at radius 1 is 1.00 bits per heavy atom. The van der Waals surface area contributed by atoms with Gasteiger partial charge in [-0.25, -0.2) is 0 Å². The summed E-state index contributed by atoms with van der Waals surface area (Å²) in [7, 11) is 0. The summed E-state index contributed by atoms with van der Waals surface area (Å²) < 4.78 is 1.06. The molecule has 0 N–H and O–H groups in total. The molecular weight excluding hydrogens is 184 g/mol. The Bertz CT molecular complexity index is 257. The molecule has 0 saturated heterocycles. The zero-order valence-electron chi connectivity index (χ0n) is 7.10. The van der Waals surface area contributed by atoms with Crippen molar-refractivity contribution in [2.24, 2.45) is 0 Å². The Morgan fingerprint density at radius 3 is 2.17 bits per heavy atom. The molecule has 12 heavy (non-hydrogen) atoms. The van der Waals surface area contributed by atoms with Crippen molar-refractivity contribution in [3.8, 4) is 0 Å². The van der Waals surface area contributed by atoms with Gasteiger partial charge in [-0.2, -0.15) is 0 Å². The zero-order chi connectivity index (χ0) is 8.44. The normalized spacial score (nSPS) is 24.4. The zero-order valence-corrected chi connectivity index (χ0v) is 8.38. The van der Waals surface area contributed by atoms with E-state index < -0.39 is 0 Å². The Morgan fingerprint density at radius 2 is 1.58 bits per heavy atom. The van der Waals surface area contributed by atoms with Gasteiger partial charge in [-0.05, 0) is 0 Å². The maximum absolute atomic E-state index is 2.31. The van der Waals surface area contributed by atoms with Gasteiger partial charge >= 0.3 is 79.8 Å². The molecule has 0 saturated carbocycles. The summed E-state index contributed by atoms with van der Waals surface area (Å²) in [5.41, 5.74) is 0. The van der Waals surface area contributed by atoms with Crippen molar-refractivity contribution >= 4 is 0 Å². The topological polar surface area (TPSA) is 0 Å². The minimum atomic E-state index is 0.358. The third kappa shape index (κ3) is 1.63. The van der Waals surface area contributed by atoms with Crippen molar-refractivity contribution in [3.63, 3.8) is 0 Å². The van der Waals surface area contributed by atoms with E-state index in [4.69, 9.17) is 0 Å². The average molecular weight is 196 g/mol. The van der Waals surface area contributed by atoms with Gasteiger partial charge in [0.05, 0.1) is 0 Å². The van der Waals surface area contributed by atoms with Crippen molar-refractivity contribution in [3.05, 3.63) is 48.6 Å². The Hall–Kier alpha value is -0.508. The van der Waals surface area contributed by atoms with Gasteiger partial charge in [-0.15, -0.1) is 0 Å². The van der Waals surface area contributed by atoms with E-state index in [1.165, 1.54) is 0 Å². The summed E-state index contributed by atoms with van der Waals surface area (Å²) in [5, 5.41) is 0. The van der Waals surface area contributed by atoms with Gasteiger partial charge in [-0.3, -0.25) is 0 Å². The van der Waals surface area contributed by atoms with E-state index in [9.17, 15) is 0 Å². The maximum atomic E-state index is 2.31. The summed E-state index contributed by atoms with van der Waals surface area (Å²) in [4.78, 5) is 0. The van der Waals surface area contributed by atoms with Crippen LogP contribution in [0, 0.1) is 0 Å². The summed E-state index contributed by atoms with van der Waals surface area (Å²) in [6.07, 6.45) is 17.8. The van der Waals surface area contributed by atoms with Crippen molar-refractivity contribution in [1.29, 1.82) is 0 Å². The Balaban J connectivity index is 2.02. The van der Waals surface area contributed by atoms with Crippen LogP contribution in [0.3, 0.4) is 0 Å². The van der Waals surface area contributed by atoms with E-state index >= 15 is 0 Å². The summed E-state index contributed by atoms with van der Waals surface area (Å²) in [6, 6.07) is 0. The molecule has 0 aromatic carbocycles. The second-order valence-corrected chi connectivity index (χ2v) is 5.85. The SMILES string of the molecule is C[C]1([Cr][CH]2C=CC=C2)C=CC=C1.